The Hall–Kier alpha value is -1.90. The molecule has 1 aromatic heterocycles. The van der Waals surface area contributed by atoms with Crippen LogP contribution >= 0.6 is 0 Å². The highest BCUT2D eigenvalue weighted by molar-refractivity contribution is 5.54. The minimum absolute atomic E-state index is 0.176. The van der Waals surface area contributed by atoms with Crippen LogP contribution in [0.4, 0.5) is 11.4 Å². The summed E-state index contributed by atoms with van der Waals surface area (Å²) < 4.78 is 5.36. The molecule has 0 spiro atoms. The quantitative estimate of drug-likeness (QED) is 0.871. The van der Waals surface area contributed by atoms with Gasteiger partial charge in [-0.05, 0) is 43.3 Å². The summed E-state index contributed by atoms with van der Waals surface area (Å²) in [4.78, 5) is 2.08. The maximum Gasteiger partial charge on any atom is 0.125 e. The summed E-state index contributed by atoms with van der Waals surface area (Å²) >= 11 is 0. The molecule has 1 N–H and O–H groups in total. The Labute approximate surface area is 102 Å². The second-order valence-corrected chi connectivity index (χ2v) is 4.32. The molecule has 0 saturated carbocycles. The minimum Gasteiger partial charge on any atom is -0.467 e. The van der Waals surface area contributed by atoms with E-state index in [4.69, 9.17) is 4.42 Å². The average Bonchev–Trinajstić information content (AvgIpc) is 2.83. The molecule has 1 aromatic carbocycles. The number of hydrogen-bond donors (Lipinski definition) is 1. The van der Waals surface area contributed by atoms with Gasteiger partial charge in [-0.2, -0.15) is 0 Å². The Bertz CT molecular complexity index is 446. The zero-order valence-corrected chi connectivity index (χ0v) is 10.5. The van der Waals surface area contributed by atoms with Gasteiger partial charge in [-0.25, -0.2) is 0 Å². The van der Waals surface area contributed by atoms with Crippen molar-refractivity contribution in [1.29, 1.82) is 0 Å². The average molecular weight is 230 g/mol. The SMILES string of the molecule is CC(Nc1ccc(N(C)C)cc1)c1ccco1. The van der Waals surface area contributed by atoms with Crippen molar-refractivity contribution < 1.29 is 4.42 Å². The molecule has 3 heteroatoms. The molecule has 0 saturated heterocycles. The molecule has 0 radical (unpaired) electrons. The molecule has 0 fully saturated rings. The summed E-state index contributed by atoms with van der Waals surface area (Å²) in [5.41, 5.74) is 2.29. The largest absolute Gasteiger partial charge is 0.467 e. The molecule has 0 bridgehead atoms. The van der Waals surface area contributed by atoms with Crippen LogP contribution in [0, 0.1) is 0 Å². The van der Waals surface area contributed by atoms with Crippen molar-refractivity contribution in [2.45, 2.75) is 13.0 Å². The number of hydrogen-bond acceptors (Lipinski definition) is 3. The topological polar surface area (TPSA) is 28.4 Å². The van der Waals surface area contributed by atoms with Crippen molar-refractivity contribution in [1.82, 2.24) is 0 Å². The molecular weight excluding hydrogens is 212 g/mol. The summed E-state index contributed by atoms with van der Waals surface area (Å²) in [7, 11) is 4.07. The standard InChI is InChI=1S/C14H18N2O/c1-11(14-5-4-10-17-14)15-12-6-8-13(9-7-12)16(2)3/h4-11,15H,1-3H3. The Morgan fingerprint density at radius 2 is 1.82 bits per heavy atom. The minimum atomic E-state index is 0.176. The van der Waals surface area contributed by atoms with Gasteiger partial charge in [-0.15, -0.1) is 0 Å². The van der Waals surface area contributed by atoms with Crippen LogP contribution in [0.25, 0.3) is 0 Å². The van der Waals surface area contributed by atoms with E-state index in [9.17, 15) is 0 Å². The lowest BCUT2D eigenvalue weighted by molar-refractivity contribution is 0.490. The van der Waals surface area contributed by atoms with Crippen molar-refractivity contribution in [3.63, 3.8) is 0 Å². The van der Waals surface area contributed by atoms with Gasteiger partial charge in [0.25, 0.3) is 0 Å². The van der Waals surface area contributed by atoms with Gasteiger partial charge in [0.1, 0.15) is 5.76 Å². The fourth-order valence-electron chi connectivity index (χ4n) is 1.71. The molecule has 2 aromatic rings. The second kappa shape index (κ2) is 4.95. The molecule has 17 heavy (non-hydrogen) atoms. The lowest BCUT2D eigenvalue weighted by Gasteiger charge is -2.15. The Kier molecular flexibility index (Phi) is 3.38. The van der Waals surface area contributed by atoms with E-state index in [0.717, 1.165) is 11.4 Å². The van der Waals surface area contributed by atoms with Gasteiger partial charge in [0.05, 0.1) is 12.3 Å². The van der Waals surface area contributed by atoms with Gasteiger partial charge in [0, 0.05) is 25.5 Å². The van der Waals surface area contributed by atoms with Crippen molar-refractivity contribution in [2.24, 2.45) is 0 Å². The van der Waals surface area contributed by atoms with Crippen LogP contribution in [0.15, 0.2) is 47.1 Å². The van der Waals surface area contributed by atoms with Crippen LogP contribution < -0.4 is 10.2 Å². The van der Waals surface area contributed by atoms with Crippen LogP contribution in [-0.4, -0.2) is 14.1 Å². The predicted molar refractivity (Wildman–Crippen MR) is 71.5 cm³/mol. The van der Waals surface area contributed by atoms with E-state index in [1.54, 1.807) is 6.26 Å². The first-order valence-corrected chi connectivity index (χ1v) is 5.74. The first-order chi connectivity index (χ1) is 8.16. The van der Waals surface area contributed by atoms with Gasteiger partial charge in [-0.1, -0.05) is 0 Å². The molecule has 0 aliphatic rings. The molecule has 1 unspecified atom stereocenters. The van der Waals surface area contributed by atoms with E-state index in [2.05, 4.69) is 41.4 Å². The lowest BCUT2D eigenvalue weighted by atomic mass is 10.2. The number of nitrogens with zero attached hydrogens (tertiary/aromatic N) is 1. The molecule has 0 aliphatic carbocycles. The van der Waals surface area contributed by atoms with Crippen molar-refractivity contribution in [3.8, 4) is 0 Å². The zero-order valence-electron chi connectivity index (χ0n) is 10.5. The number of anilines is 2. The summed E-state index contributed by atoms with van der Waals surface area (Å²) in [6.07, 6.45) is 1.70. The third kappa shape index (κ3) is 2.81. The molecule has 1 atom stereocenters. The van der Waals surface area contributed by atoms with Gasteiger partial charge >= 0.3 is 0 Å². The Morgan fingerprint density at radius 1 is 1.12 bits per heavy atom. The van der Waals surface area contributed by atoms with Crippen molar-refractivity contribution in [2.75, 3.05) is 24.3 Å². The predicted octanol–water partition coefficient (Wildman–Crippen LogP) is 3.52. The highest BCUT2D eigenvalue weighted by atomic mass is 16.3. The van der Waals surface area contributed by atoms with E-state index >= 15 is 0 Å². The maximum absolute atomic E-state index is 5.36. The normalized spacial score (nSPS) is 12.2. The number of rotatable bonds is 4. The summed E-state index contributed by atoms with van der Waals surface area (Å²) in [5, 5.41) is 3.40. The molecule has 0 aliphatic heterocycles. The Morgan fingerprint density at radius 3 is 2.35 bits per heavy atom. The summed E-state index contributed by atoms with van der Waals surface area (Å²) in [5.74, 6) is 0.946. The highest BCUT2D eigenvalue weighted by Gasteiger charge is 2.07. The zero-order chi connectivity index (χ0) is 12.3. The number of furan rings is 1. The van der Waals surface area contributed by atoms with Gasteiger partial charge in [0.2, 0.25) is 0 Å². The van der Waals surface area contributed by atoms with E-state index in [1.807, 2.05) is 26.2 Å². The third-order valence-electron chi connectivity index (χ3n) is 2.74. The molecule has 2 rings (SSSR count). The lowest BCUT2D eigenvalue weighted by Crippen LogP contribution is -2.09. The smallest absolute Gasteiger partial charge is 0.125 e. The van der Waals surface area contributed by atoms with Crippen LogP contribution in [-0.2, 0) is 0 Å². The van der Waals surface area contributed by atoms with Crippen LogP contribution in [0.1, 0.15) is 18.7 Å². The molecule has 3 nitrogen and oxygen atoms in total. The van der Waals surface area contributed by atoms with Gasteiger partial charge in [-0.3, -0.25) is 0 Å². The van der Waals surface area contributed by atoms with Gasteiger partial charge in [0.15, 0.2) is 0 Å². The second-order valence-electron chi connectivity index (χ2n) is 4.32. The van der Waals surface area contributed by atoms with Crippen molar-refractivity contribution in [3.05, 3.63) is 48.4 Å². The number of benzene rings is 1. The van der Waals surface area contributed by atoms with E-state index in [1.165, 1.54) is 5.69 Å². The van der Waals surface area contributed by atoms with Crippen LogP contribution in [0.2, 0.25) is 0 Å². The molecule has 1 heterocycles. The summed E-state index contributed by atoms with van der Waals surface area (Å²) in [6.45, 7) is 2.08. The molecular formula is C14H18N2O. The van der Waals surface area contributed by atoms with E-state index in [0.29, 0.717) is 0 Å². The monoisotopic (exact) mass is 230 g/mol. The Balaban J connectivity index is 2.04. The van der Waals surface area contributed by atoms with E-state index < -0.39 is 0 Å². The molecule has 90 valence electrons. The first-order valence-electron chi connectivity index (χ1n) is 5.74. The highest BCUT2D eigenvalue weighted by Crippen LogP contribution is 2.21. The van der Waals surface area contributed by atoms with Crippen LogP contribution in [0.5, 0.6) is 0 Å². The first kappa shape index (κ1) is 11.6. The third-order valence-corrected chi connectivity index (χ3v) is 2.74. The number of nitrogens with one attached hydrogen (secondary N) is 1. The van der Waals surface area contributed by atoms with E-state index in [-0.39, 0.29) is 6.04 Å². The molecule has 0 amide bonds. The van der Waals surface area contributed by atoms with Gasteiger partial charge < -0.3 is 14.6 Å². The summed E-state index contributed by atoms with van der Waals surface area (Å²) in [6, 6.07) is 12.4. The van der Waals surface area contributed by atoms with Crippen molar-refractivity contribution >= 4 is 11.4 Å². The maximum atomic E-state index is 5.36. The fourth-order valence-corrected chi connectivity index (χ4v) is 1.71. The van der Waals surface area contributed by atoms with Crippen LogP contribution in [0.3, 0.4) is 0 Å². The fraction of sp³-hybridized carbons (Fsp3) is 0.286.